The summed E-state index contributed by atoms with van der Waals surface area (Å²) in [5.41, 5.74) is 4.51. The second-order valence-corrected chi connectivity index (χ2v) is 5.74. The zero-order valence-electron chi connectivity index (χ0n) is 13.4. The van der Waals surface area contributed by atoms with Crippen LogP contribution in [0.5, 0.6) is 0 Å². The van der Waals surface area contributed by atoms with Crippen molar-refractivity contribution in [1.29, 1.82) is 0 Å². The molecule has 0 unspecified atom stereocenters. The summed E-state index contributed by atoms with van der Waals surface area (Å²) in [5.74, 6) is -0.915. The molecule has 1 N–H and O–H groups in total. The van der Waals surface area contributed by atoms with E-state index in [-0.39, 0.29) is 6.54 Å². The summed E-state index contributed by atoms with van der Waals surface area (Å²) >= 11 is 0. The number of aromatic nitrogens is 1. The molecule has 24 heavy (non-hydrogen) atoms. The Bertz CT molecular complexity index is 895. The number of carboxylic acid groups (broad SMARTS) is 1. The normalized spacial score (nSPS) is 10.9. The van der Waals surface area contributed by atoms with Crippen LogP contribution >= 0.6 is 0 Å². The minimum atomic E-state index is -0.915. The quantitative estimate of drug-likeness (QED) is 0.691. The molecule has 3 rings (SSSR count). The van der Waals surface area contributed by atoms with E-state index in [0.29, 0.717) is 5.56 Å². The zero-order chi connectivity index (χ0) is 17.1. The Morgan fingerprint density at radius 3 is 2.42 bits per heavy atom. The molecular formula is C19H18N2O3. The Morgan fingerprint density at radius 2 is 1.79 bits per heavy atom. The highest BCUT2D eigenvalue weighted by atomic mass is 16.4. The number of nitroso groups, excluding NO2 is 1. The first-order valence-electron chi connectivity index (χ1n) is 7.84. The molecule has 0 spiro atoms. The summed E-state index contributed by atoms with van der Waals surface area (Å²) in [6, 6.07) is 15.1. The maximum atomic E-state index is 11.1. The van der Waals surface area contributed by atoms with E-state index in [2.05, 4.69) is 16.7 Å². The number of aryl methyl sites for hydroxylation is 1. The molecule has 0 atom stereocenters. The van der Waals surface area contributed by atoms with Crippen molar-refractivity contribution in [3.8, 4) is 0 Å². The maximum Gasteiger partial charge on any atom is 0.335 e. The minimum absolute atomic E-state index is 0.188. The first-order valence-corrected chi connectivity index (χ1v) is 7.84. The molecule has 0 amide bonds. The van der Waals surface area contributed by atoms with Crippen LogP contribution in [0.25, 0.3) is 10.9 Å². The average Bonchev–Trinajstić information content (AvgIpc) is 2.92. The first kappa shape index (κ1) is 15.9. The molecule has 5 nitrogen and oxygen atoms in total. The van der Waals surface area contributed by atoms with Crippen LogP contribution in [0.2, 0.25) is 0 Å². The van der Waals surface area contributed by atoms with Crippen LogP contribution in [0.3, 0.4) is 0 Å². The minimum Gasteiger partial charge on any atom is -0.478 e. The lowest BCUT2D eigenvalue weighted by atomic mass is 10.1. The van der Waals surface area contributed by atoms with Gasteiger partial charge >= 0.3 is 5.97 Å². The summed E-state index contributed by atoms with van der Waals surface area (Å²) in [6.45, 7) is 3.08. The first-order chi connectivity index (χ1) is 11.6. The molecule has 0 saturated carbocycles. The Morgan fingerprint density at radius 1 is 1.08 bits per heavy atom. The van der Waals surface area contributed by atoms with Gasteiger partial charge in [-0.25, -0.2) is 4.79 Å². The number of fused-ring (bicyclic) bond motifs is 1. The van der Waals surface area contributed by atoms with E-state index < -0.39 is 5.97 Å². The molecule has 5 heteroatoms. The standard InChI is InChI=1S/C19H18N2O3/c1-2-21-17(9-13-3-5-14(6-4-13)12-20-24)11-16-10-15(19(22)23)7-8-18(16)21/h3-8,10-11H,2,9,12H2,1H3,(H,22,23). The van der Waals surface area contributed by atoms with E-state index in [1.165, 1.54) is 0 Å². The highest BCUT2D eigenvalue weighted by Gasteiger charge is 2.11. The largest absolute Gasteiger partial charge is 0.478 e. The van der Waals surface area contributed by atoms with Gasteiger partial charge in [0.1, 0.15) is 6.54 Å². The topological polar surface area (TPSA) is 71.7 Å². The number of hydrogen-bond donors (Lipinski definition) is 1. The number of benzene rings is 2. The lowest BCUT2D eigenvalue weighted by Crippen LogP contribution is -2.01. The van der Waals surface area contributed by atoms with Crippen molar-refractivity contribution in [3.63, 3.8) is 0 Å². The number of carbonyl (C=O) groups is 1. The second kappa shape index (κ2) is 6.66. The van der Waals surface area contributed by atoms with E-state index in [4.69, 9.17) is 5.11 Å². The molecule has 3 aromatic rings. The van der Waals surface area contributed by atoms with Gasteiger partial charge in [0.25, 0.3) is 0 Å². The van der Waals surface area contributed by atoms with Crippen molar-refractivity contribution in [3.05, 3.63) is 75.8 Å². The smallest absolute Gasteiger partial charge is 0.335 e. The third-order valence-electron chi connectivity index (χ3n) is 4.21. The van der Waals surface area contributed by atoms with Crippen LogP contribution in [0.15, 0.2) is 53.7 Å². The molecule has 2 aromatic carbocycles. The lowest BCUT2D eigenvalue weighted by molar-refractivity contribution is 0.0697. The Hall–Kier alpha value is -2.95. The van der Waals surface area contributed by atoms with Crippen LogP contribution in [-0.2, 0) is 19.5 Å². The van der Waals surface area contributed by atoms with Gasteiger partial charge < -0.3 is 9.67 Å². The molecule has 0 fully saturated rings. The highest BCUT2D eigenvalue weighted by Crippen LogP contribution is 2.24. The molecule has 0 saturated heterocycles. The monoisotopic (exact) mass is 322 g/mol. The Kier molecular flexibility index (Phi) is 4.42. The second-order valence-electron chi connectivity index (χ2n) is 5.74. The molecule has 122 valence electrons. The van der Waals surface area contributed by atoms with Crippen molar-refractivity contribution < 1.29 is 9.90 Å². The van der Waals surface area contributed by atoms with Crippen molar-refractivity contribution in [1.82, 2.24) is 4.57 Å². The third kappa shape index (κ3) is 3.06. The van der Waals surface area contributed by atoms with Gasteiger partial charge in [-0.05, 0) is 42.3 Å². The fraction of sp³-hybridized carbons (Fsp3) is 0.211. The van der Waals surface area contributed by atoms with E-state index in [1.54, 1.807) is 12.1 Å². The number of rotatable bonds is 6. The van der Waals surface area contributed by atoms with Crippen LogP contribution < -0.4 is 0 Å². The SMILES string of the molecule is CCn1c(Cc2ccc(CN=O)cc2)cc2cc(C(=O)O)ccc21. The average molecular weight is 322 g/mol. The zero-order valence-corrected chi connectivity index (χ0v) is 13.4. The van der Waals surface area contributed by atoms with Gasteiger partial charge in [0, 0.05) is 29.6 Å². The predicted octanol–water partition coefficient (Wildman–Crippen LogP) is 4.22. The van der Waals surface area contributed by atoms with Crippen LogP contribution in [0.4, 0.5) is 0 Å². The molecule has 1 aromatic heterocycles. The van der Waals surface area contributed by atoms with Crippen molar-refractivity contribution in [2.75, 3.05) is 0 Å². The molecule has 0 radical (unpaired) electrons. The van der Waals surface area contributed by atoms with Crippen LogP contribution in [0, 0.1) is 4.91 Å². The van der Waals surface area contributed by atoms with Crippen molar-refractivity contribution in [2.45, 2.75) is 26.4 Å². The summed E-state index contributed by atoms with van der Waals surface area (Å²) in [6.07, 6.45) is 0.750. The fourth-order valence-electron chi connectivity index (χ4n) is 3.03. The van der Waals surface area contributed by atoms with Gasteiger partial charge in [-0.2, -0.15) is 4.91 Å². The van der Waals surface area contributed by atoms with Gasteiger partial charge in [-0.1, -0.05) is 29.4 Å². The summed E-state index contributed by atoms with van der Waals surface area (Å²) in [4.78, 5) is 21.5. The van der Waals surface area contributed by atoms with Gasteiger partial charge in [0.2, 0.25) is 0 Å². The summed E-state index contributed by atoms with van der Waals surface area (Å²) < 4.78 is 2.20. The van der Waals surface area contributed by atoms with Crippen molar-refractivity contribution >= 4 is 16.9 Å². The molecule has 0 bridgehead atoms. The van der Waals surface area contributed by atoms with E-state index in [9.17, 15) is 9.70 Å². The molecule has 0 aliphatic rings. The predicted molar refractivity (Wildman–Crippen MR) is 93.3 cm³/mol. The van der Waals surface area contributed by atoms with E-state index >= 15 is 0 Å². The maximum absolute atomic E-state index is 11.1. The summed E-state index contributed by atoms with van der Waals surface area (Å²) in [5, 5.41) is 13.0. The van der Waals surface area contributed by atoms with Gasteiger partial charge in [-0.15, -0.1) is 0 Å². The molecular weight excluding hydrogens is 304 g/mol. The van der Waals surface area contributed by atoms with E-state index in [1.807, 2.05) is 36.4 Å². The van der Waals surface area contributed by atoms with Gasteiger partial charge in [0.05, 0.1) is 5.56 Å². The number of aromatic carboxylic acids is 1. The summed E-state index contributed by atoms with van der Waals surface area (Å²) in [7, 11) is 0. The van der Waals surface area contributed by atoms with E-state index in [0.717, 1.165) is 40.7 Å². The van der Waals surface area contributed by atoms with Crippen LogP contribution in [0.1, 0.15) is 34.1 Å². The number of carboxylic acids is 1. The highest BCUT2D eigenvalue weighted by molar-refractivity contribution is 5.94. The van der Waals surface area contributed by atoms with Gasteiger partial charge in [-0.3, -0.25) is 0 Å². The molecule has 1 heterocycles. The van der Waals surface area contributed by atoms with Crippen molar-refractivity contribution in [2.24, 2.45) is 5.18 Å². The fourth-order valence-corrected chi connectivity index (χ4v) is 3.03. The van der Waals surface area contributed by atoms with Gasteiger partial charge in [0.15, 0.2) is 0 Å². The molecule has 0 aliphatic heterocycles. The Labute approximate surface area is 139 Å². The lowest BCUT2D eigenvalue weighted by Gasteiger charge is -2.08. The Balaban J connectivity index is 1.95. The third-order valence-corrected chi connectivity index (χ3v) is 4.21. The van der Waals surface area contributed by atoms with Crippen LogP contribution in [-0.4, -0.2) is 15.6 Å². The molecule has 0 aliphatic carbocycles. The number of nitrogens with zero attached hydrogens (tertiary/aromatic N) is 2. The number of hydrogen-bond acceptors (Lipinski definition) is 3.